The van der Waals surface area contributed by atoms with Crippen molar-refractivity contribution in [2.45, 2.75) is 12.8 Å². The van der Waals surface area contributed by atoms with E-state index in [-0.39, 0.29) is 0 Å². The summed E-state index contributed by atoms with van der Waals surface area (Å²) < 4.78 is 0. The molecule has 3 rings (SSSR count). The predicted octanol–water partition coefficient (Wildman–Crippen LogP) is 3.01. The zero-order valence-corrected chi connectivity index (χ0v) is 10.5. The van der Waals surface area contributed by atoms with Crippen LogP contribution in [0.4, 0.5) is 11.5 Å². The first-order valence-corrected chi connectivity index (χ1v) is 6.33. The van der Waals surface area contributed by atoms with Gasteiger partial charge >= 0.3 is 0 Å². The number of anilines is 2. The topological polar surface area (TPSA) is 37.0 Å². The lowest BCUT2D eigenvalue weighted by Crippen LogP contribution is -2.16. The summed E-state index contributed by atoms with van der Waals surface area (Å²) in [4.78, 5) is 4.53. The number of benzene rings is 1. The Morgan fingerprint density at radius 3 is 2.61 bits per heavy atom. The van der Waals surface area contributed by atoms with E-state index in [0.717, 1.165) is 30.3 Å². The van der Waals surface area contributed by atoms with Gasteiger partial charge in [-0.05, 0) is 24.6 Å². The fraction of sp³-hybridized carbons (Fsp3) is 0.267. The fourth-order valence-electron chi connectivity index (χ4n) is 2.32. The maximum Gasteiger partial charge on any atom is 0.149 e. The zero-order chi connectivity index (χ0) is 12.4. The third-order valence-corrected chi connectivity index (χ3v) is 3.36. The van der Waals surface area contributed by atoms with Gasteiger partial charge < -0.3 is 10.6 Å². The van der Waals surface area contributed by atoms with Gasteiger partial charge in [-0.15, -0.1) is 0 Å². The molecule has 1 atom stereocenters. The van der Waals surface area contributed by atoms with Gasteiger partial charge in [0.15, 0.2) is 0 Å². The summed E-state index contributed by atoms with van der Waals surface area (Å²) in [5, 5.41) is 6.92. The first kappa shape index (κ1) is 11.1. The van der Waals surface area contributed by atoms with Crippen LogP contribution < -0.4 is 10.6 Å². The van der Waals surface area contributed by atoms with Gasteiger partial charge in [-0.3, -0.25) is 0 Å². The van der Waals surface area contributed by atoms with E-state index >= 15 is 0 Å². The molecular formula is C15H17N3. The van der Waals surface area contributed by atoms with Gasteiger partial charge in [0.2, 0.25) is 0 Å². The molecule has 0 aliphatic carbocycles. The molecule has 3 nitrogen and oxygen atoms in total. The number of aryl methyl sites for hydroxylation is 1. The summed E-state index contributed by atoms with van der Waals surface area (Å²) in [5.74, 6) is 1.44. The molecule has 3 heteroatoms. The quantitative estimate of drug-likeness (QED) is 0.803. The molecule has 0 saturated heterocycles. The average Bonchev–Trinajstić information content (AvgIpc) is 2.62. The normalized spacial score (nSPS) is 18.2. The molecule has 2 N–H and O–H groups in total. The van der Waals surface area contributed by atoms with E-state index in [2.05, 4.69) is 52.0 Å². The molecule has 1 aliphatic rings. The number of fused-ring (bicyclic) bond motifs is 1. The number of pyridine rings is 1. The molecule has 0 saturated carbocycles. The van der Waals surface area contributed by atoms with Crippen LogP contribution in [0.3, 0.4) is 0 Å². The van der Waals surface area contributed by atoms with E-state index in [0.29, 0.717) is 5.92 Å². The van der Waals surface area contributed by atoms with Gasteiger partial charge in [-0.1, -0.05) is 30.3 Å². The van der Waals surface area contributed by atoms with Crippen molar-refractivity contribution in [1.29, 1.82) is 0 Å². The number of rotatable bonds is 1. The highest BCUT2D eigenvalue weighted by Gasteiger charge is 2.17. The van der Waals surface area contributed by atoms with Crippen LogP contribution >= 0.6 is 0 Å². The van der Waals surface area contributed by atoms with Crippen LogP contribution in [0.5, 0.6) is 0 Å². The molecule has 2 heterocycles. The Balaban J connectivity index is 1.83. The Morgan fingerprint density at radius 1 is 1.00 bits per heavy atom. The monoisotopic (exact) mass is 239 g/mol. The summed E-state index contributed by atoms with van der Waals surface area (Å²) in [6, 6.07) is 14.7. The second kappa shape index (κ2) is 4.69. The van der Waals surface area contributed by atoms with Crippen molar-refractivity contribution in [3.05, 3.63) is 53.7 Å². The lowest BCUT2D eigenvalue weighted by atomic mass is 9.99. The molecule has 0 bridgehead atoms. The van der Waals surface area contributed by atoms with Gasteiger partial charge in [0.05, 0.1) is 5.69 Å². The Morgan fingerprint density at radius 2 is 1.78 bits per heavy atom. The van der Waals surface area contributed by atoms with Crippen LogP contribution in [0.1, 0.15) is 17.2 Å². The van der Waals surface area contributed by atoms with Crippen molar-refractivity contribution in [2.75, 3.05) is 23.7 Å². The number of hydrogen-bond donors (Lipinski definition) is 2. The van der Waals surface area contributed by atoms with Crippen LogP contribution in [0.15, 0.2) is 42.5 Å². The summed E-state index contributed by atoms with van der Waals surface area (Å²) in [5.41, 5.74) is 3.50. The molecule has 1 aliphatic heterocycles. The number of hydrogen-bond acceptors (Lipinski definition) is 3. The largest absolute Gasteiger partial charge is 0.381 e. The van der Waals surface area contributed by atoms with Crippen molar-refractivity contribution >= 4 is 11.5 Å². The minimum absolute atomic E-state index is 0.473. The third-order valence-electron chi connectivity index (χ3n) is 3.36. The lowest BCUT2D eigenvalue weighted by Gasteiger charge is -2.14. The van der Waals surface area contributed by atoms with Crippen molar-refractivity contribution in [2.24, 2.45) is 0 Å². The molecular weight excluding hydrogens is 222 g/mol. The van der Waals surface area contributed by atoms with Crippen molar-refractivity contribution in [3.63, 3.8) is 0 Å². The standard InChI is InChI=1S/C15H17N3/c1-11-7-8-14-15(18-11)17-10-13(9-16-14)12-5-3-2-4-6-12/h2-8,13,16H,9-10H2,1H3,(H,17,18). The maximum absolute atomic E-state index is 4.53. The van der Waals surface area contributed by atoms with Gasteiger partial charge in [0, 0.05) is 24.7 Å². The highest BCUT2D eigenvalue weighted by Crippen LogP contribution is 2.26. The predicted molar refractivity (Wildman–Crippen MR) is 75.1 cm³/mol. The van der Waals surface area contributed by atoms with E-state index < -0.39 is 0 Å². The lowest BCUT2D eigenvalue weighted by molar-refractivity contribution is 0.766. The summed E-state index contributed by atoms with van der Waals surface area (Å²) in [6.45, 7) is 3.87. The number of nitrogens with zero attached hydrogens (tertiary/aromatic N) is 1. The van der Waals surface area contributed by atoms with Gasteiger partial charge in [-0.2, -0.15) is 0 Å². The second-order valence-electron chi connectivity index (χ2n) is 4.72. The van der Waals surface area contributed by atoms with E-state index in [1.54, 1.807) is 0 Å². The Bertz CT molecular complexity index is 537. The Kier molecular flexibility index (Phi) is 2.89. The third kappa shape index (κ3) is 2.16. The Labute approximate surface area is 107 Å². The molecule has 2 aromatic rings. The van der Waals surface area contributed by atoms with E-state index in [1.807, 2.05) is 13.0 Å². The highest BCUT2D eigenvalue weighted by atomic mass is 15.1. The minimum Gasteiger partial charge on any atom is -0.381 e. The van der Waals surface area contributed by atoms with Crippen LogP contribution in [0.25, 0.3) is 0 Å². The van der Waals surface area contributed by atoms with Crippen molar-refractivity contribution < 1.29 is 0 Å². The second-order valence-corrected chi connectivity index (χ2v) is 4.72. The van der Waals surface area contributed by atoms with Crippen LogP contribution in [0, 0.1) is 6.92 Å². The Hall–Kier alpha value is -2.03. The first-order valence-electron chi connectivity index (χ1n) is 6.33. The summed E-state index contributed by atoms with van der Waals surface area (Å²) >= 11 is 0. The highest BCUT2D eigenvalue weighted by molar-refractivity contribution is 5.65. The molecule has 1 aromatic carbocycles. The zero-order valence-electron chi connectivity index (χ0n) is 10.5. The van der Waals surface area contributed by atoms with Crippen molar-refractivity contribution in [3.8, 4) is 0 Å². The van der Waals surface area contributed by atoms with E-state index in [9.17, 15) is 0 Å². The molecule has 0 amide bonds. The fourth-order valence-corrected chi connectivity index (χ4v) is 2.32. The van der Waals surface area contributed by atoms with Gasteiger partial charge in [-0.25, -0.2) is 4.98 Å². The van der Waals surface area contributed by atoms with Gasteiger partial charge in [0.25, 0.3) is 0 Å². The minimum atomic E-state index is 0.473. The van der Waals surface area contributed by atoms with E-state index in [1.165, 1.54) is 5.56 Å². The molecule has 18 heavy (non-hydrogen) atoms. The summed E-state index contributed by atoms with van der Waals surface area (Å²) in [6.07, 6.45) is 0. The van der Waals surface area contributed by atoms with Crippen LogP contribution in [0.2, 0.25) is 0 Å². The average molecular weight is 239 g/mol. The molecule has 0 spiro atoms. The summed E-state index contributed by atoms with van der Waals surface area (Å²) in [7, 11) is 0. The number of aromatic nitrogens is 1. The SMILES string of the molecule is Cc1ccc2c(n1)NCC(c1ccccc1)CN2. The van der Waals surface area contributed by atoms with Crippen molar-refractivity contribution in [1.82, 2.24) is 4.98 Å². The molecule has 1 unspecified atom stereocenters. The molecule has 0 radical (unpaired) electrons. The van der Waals surface area contributed by atoms with Crippen LogP contribution in [-0.4, -0.2) is 18.1 Å². The van der Waals surface area contributed by atoms with Crippen LogP contribution in [-0.2, 0) is 0 Å². The molecule has 92 valence electrons. The van der Waals surface area contributed by atoms with E-state index in [4.69, 9.17) is 0 Å². The number of nitrogens with one attached hydrogen (secondary N) is 2. The maximum atomic E-state index is 4.53. The molecule has 0 fully saturated rings. The molecule has 1 aromatic heterocycles. The first-order chi connectivity index (χ1) is 8.83. The van der Waals surface area contributed by atoms with Gasteiger partial charge in [0.1, 0.15) is 5.82 Å². The smallest absolute Gasteiger partial charge is 0.149 e.